The Bertz CT molecular complexity index is 1460. The standard InChI is InChI=1S/C27H20ClNO4/c1-2-18-14-22-21(19-6-4-3-5-7-19)15-24(30)32-27(22)25(23-12-13-29-33-23)26(18)31-16-17-8-10-20(28)11-9-17/h3-15H,2,16H2,1H3. The molecule has 3 aromatic carbocycles. The van der Waals surface area contributed by atoms with Crippen molar-refractivity contribution in [2.75, 3.05) is 0 Å². The molecule has 0 saturated heterocycles. The first-order valence-corrected chi connectivity index (χ1v) is 11.0. The van der Waals surface area contributed by atoms with Gasteiger partial charge in [0.2, 0.25) is 0 Å². The minimum absolute atomic E-state index is 0.319. The van der Waals surface area contributed by atoms with E-state index in [1.807, 2.05) is 60.7 Å². The summed E-state index contributed by atoms with van der Waals surface area (Å²) in [4.78, 5) is 12.6. The smallest absolute Gasteiger partial charge is 0.336 e. The van der Waals surface area contributed by atoms with E-state index in [1.165, 1.54) is 6.07 Å². The number of rotatable bonds is 6. The lowest BCUT2D eigenvalue weighted by molar-refractivity contribution is 0.303. The summed E-state index contributed by atoms with van der Waals surface area (Å²) < 4.78 is 17.6. The maximum absolute atomic E-state index is 12.6. The van der Waals surface area contributed by atoms with Gasteiger partial charge in [-0.1, -0.05) is 66.1 Å². The molecule has 6 heteroatoms. The van der Waals surface area contributed by atoms with Crippen LogP contribution in [0.2, 0.25) is 5.02 Å². The van der Waals surface area contributed by atoms with Crippen LogP contribution in [0.5, 0.6) is 5.75 Å². The van der Waals surface area contributed by atoms with Crippen LogP contribution in [-0.4, -0.2) is 5.16 Å². The molecule has 0 unspecified atom stereocenters. The molecule has 33 heavy (non-hydrogen) atoms. The van der Waals surface area contributed by atoms with Crippen molar-refractivity contribution in [1.82, 2.24) is 5.16 Å². The number of hydrogen-bond acceptors (Lipinski definition) is 5. The molecule has 0 bridgehead atoms. The molecule has 0 atom stereocenters. The van der Waals surface area contributed by atoms with Crippen molar-refractivity contribution in [3.63, 3.8) is 0 Å². The van der Waals surface area contributed by atoms with Crippen molar-refractivity contribution in [1.29, 1.82) is 0 Å². The lowest BCUT2D eigenvalue weighted by Gasteiger charge is -2.17. The van der Waals surface area contributed by atoms with Gasteiger partial charge < -0.3 is 13.7 Å². The average molecular weight is 458 g/mol. The summed E-state index contributed by atoms with van der Waals surface area (Å²) in [6, 6.07) is 22.5. The highest BCUT2D eigenvalue weighted by Crippen LogP contribution is 2.43. The zero-order valence-electron chi connectivity index (χ0n) is 17.9. The van der Waals surface area contributed by atoms with E-state index in [1.54, 1.807) is 12.3 Å². The van der Waals surface area contributed by atoms with Crippen LogP contribution < -0.4 is 10.4 Å². The SMILES string of the molecule is CCc1cc2c(-c3ccccc3)cc(=O)oc2c(-c2ccno2)c1OCc1ccc(Cl)cc1. The molecule has 5 nitrogen and oxygen atoms in total. The Morgan fingerprint density at radius 3 is 2.48 bits per heavy atom. The molecule has 2 heterocycles. The first kappa shape index (κ1) is 21.0. The number of aryl methyl sites for hydroxylation is 1. The number of fused-ring (bicyclic) bond motifs is 1. The Hall–Kier alpha value is -3.83. The molecular formula is C27H20ClNO4. The van der Waals surface area contributed by atoms with Crippen LogP contribution in [0.3, 0.4) is 0 Å². The van der Waals surface area contributed by atoms with Crippen molar-refractivity contribution in [2.24, 2.45) is 0 Å². The zero-order chi connectivity index (χ0) is 22.8. The summed E-state index contributed by atoms with van der Waals surface area (Å²) in [6.07, 6.45) is 2.27. The van der Waals surface area contributed by atoms with Crippen LogP contribution in [0.25, 0.3) is 33.4 Å². The molecule has 0 aliphatic heterocycles. The Morgan fingerprint density at radius 2 is 1.79 bits per heavy atom. The quantitative estimate of drug-likeness (QED) is 0.259. The monoisotopic (exact) mass is 457 g/mol. The molecular weight excluding hydrogens is 438 g/mol. The second kappa shape index (κ2) is 8.96. The van der Waals surface area contributed by atoms with E-state index >= 15 is 0 Å². The van der Waals surface area contributed by atoms with Gasteiger partial charge in [-0.05, 0) is 46.9 Å². The molecule has 5 aromatic rings. The zero-order valence-corrected chi connectivity index (χ0v) is 18.6. The highest BCUT2D eigenvalue weighted by atomic mass is 35.5. The van der Waals surface area contributed by atoms with E-state index < -0.39 is 5.63 Å². The van der Waals surface area contributed by atoms with Crippen LogP contribution >= 0.6 is 11.6 Å². The highest BCUT2D eigenvalue weighted by molar-refractivity contribution is 6.30. The molecule has 5 rings (SSSR count). The maximum Gasteiger partial charge on any atom is 0.336 e. The third-order valence-electron chi connectivity index (χ3n) is 5.51. The van der Waals surface area contributed by atoms with Crippen molar-refractivity contribution in [3.8, 4) is 28.2 Å². The van der Waals surface area contributed by atoms with Gasteiger partial charge in [-0.15, -0.1) is 0 Å². The van der Waals surface area contributed by atoms with Crippen molar-refractivity contribution >= 4 is 22.6 Å². The lowest BCUT2D eigenvalue weighted by Crippen LogP contribution is -2.04. The summed E-state index contributed by atoms with van der Waals surface area (Å²) >= 11 is 6.01. The van der Waals surface area contributed by atoms with Gasteiger partial charge in [0.25, 0.3) is 0 Å². The average Bonchev–Trinajstić information content (AvgIpc) is 3.37. The van der Waals surface area contributed by atoms with Crippen LogP contribution in [0.1, 0.15) is 18.1 Å². The third-order valence-corrected chi connectivity index (χ3v) is 5.76. The molecule has 0 radical (unpaired) electrons. The van der Waals surface area contributed by atoms with Crippen molar-refractivity contribution in [2.45, 2.75) is 20.0 Å². The fourth-order valence-corrected chi connectivity index (χ4v) is 4.05. The summed E-state index contributed by atoms with van der Waals surface area (Å²) in [6.45, 7) is 2.38. The first-order valence-electron chi connectivity index (χ1n) is 10.6. The van der Waals surface area contributed by atoms with Gasteiger partial charge in [0, 0.05) is 22.5 Å². The molecule has 0 aliphatic rings. The van der Waals surface area contributed by atoms with Crippen molar-refractivity contribution in [3.05, 3.63) is 106 Å². The van der Waals surface area contributed by atoms with E-state index in [0.29, 0.717) is 40.7 Å². The van der Waals surface area contributed by atoms with E-state index in [2.05, 4.69) is 12.1 Å². The maximum atomic E-state index is 12.6. The second-order valence-electron chi connectivity index (χ2n) is 7.61. The van der Waals surface area contributed by atoms with Crippen molar-refractivity contribution < 1.29 is 13.7 Å². The number of ether oxygens (including phenoxy) is 1. The topological polar surface area (TPSA) is 65.5 Å². The minimum Gasteiger partial charge on any atom is -0.488 e. The number of benzene rings is 3. The van der Waals surface area contributed by atoms with Crippen LogP contribution in [-0.2, 0) is 13.0 Å². The minimum atomic E-state index is -0.449. The molecule has 0 fully saturated rings. The van der Waals surface area contributed by atoms with E-state index in [-0.39, 0.29) is 0 Å². The number of halogens is 1. The normalized spacial score (nSPS) is 11.1. The van der Waals surface area contributed by atoms with E-state index in [0.717, 1.165) is 27.6 Å². The Kier molecular flexibility index (Phi) is 5.71. The van der Waals surface area contributed by atoms with Gasteiger partial charge in [-0.3, -0.25) is 0 Å². The molecule has 2 aromatic heterocycles. The predicted molar refractivity (Wildman–Crippen MR) is 129 cm³/mol. The van der Waals surface area contributed by atoms with E-state index in [9.17, 15) is 4.79 Å². The number of nitrogens with zero attached hydrogens (tertiary/aromatic N) is 1. The molecule has 0 saturated carbocycles. The number of hydrogen-bond donors (Lipinski definition) is 0. The van der Waals surface area contributed by atoms with Crippen LogP contribution in [0, 0.1) is 0 Å². The second-order valence-corrected chi connectivity index (χ2v) is 8.04. The summed E-state index contributed by atoms with van der Waals surface area (Å²) in [5, 5.41) is 5.34. The first-order chi connectivity index (χ1) is 16.1. The Morgan fingerprint density at radius 1 is 1.00 bits per heavy atom. The van der Waals surface area contributed by atoms with E-state index in [4.69, 9.17) is 25.3 Å². The molecule has 0 spiro atoms. The van der Waals surface area contributed by atoms with Crippen LogP contribution in [0.4, 0.5) is 0 Å². The number of aromatic nitrogens is 1. The molecule has 0 N–H and O–H groups in total. The van der Waals surface area contributed by atoms with Gasteiger partial charge in [0.1, 0.15) is 17.9 Å². The third kappa shape index (κ3) is 4.15. The van der Waals surface area contributed by atoms with Gasteiger partial charge in [0.05, 0.1) is 6.20 Å². The fourth-order valence-electron chi connectivity index (χ4n) is 3.92. The summed E-state index contributed by atoms with van der Waals surface area (Å²) in [7, 11) is 0. The highest BCUT2D eigenvalue weighted by Gasteiger charge is 2.23. The van der Waals surface area contributed by atoms with Gasteiger partial charge >= 0.3 is 5.63 Å². The van der Waals surface area contributed by atoms with Gasteiger partial charge in [0.15, 0.2) is 11.3 Å². The Labute approximate surface area is 195 Å². The summed E-state index contributed by atoms with van der Waals surface area (Å²) in [5.41, 5.74) is 4.18. The predicted octanol–water partition coefficient (Wildman–Crippen LogP) is 6.91. The Balaban J connectivity index is 1.75. The molecule has 0 aliphatic carbocycles. The molecule has 0 amide bonds. The van der Waals surface area contributed by atoms with Gasteiger partial charge in [-0.2, -0.15) is 0 Å². The lowest BCUT2D eigenvalue weighted by atomic mass is 9.95. The summed E-state index contributed by atoms with van der Waals surface area (Å²) in [5.74, 6) is 1.07. The molecule has 164 valence electrons. The largest absolute Gasteiger partial charge is 0.488 e. The fraction of sp³-hybridized carbons (Fsp3) is 0.111. The van der Waals surface area contributed by atoms with Gasteiger partial charge in [-0.25, -0.2) is 4.79 Å². The van der Waals surface area contributed by atoms with Crippen LogP contribution in [0.15, 0.2) is 92.7 Å².